The molecule has 17 heavy (non-hydrogen) atoms. The van der Waals surface area contributed by atoms with Crippen LogP contribution in [0, 0.1) is 0 Å². The Morgan fingerprint density at radius 1 is 1.53 bits per heavy atom. The number of aliphatic hydroxyl groups is 1. The summed E-state index contributed by atoms with van der Waals surface area (Å²) in [6, 6.07) is 5.17. The molecular weight excluding hydrogens is 244 g/mol. The van der Waals surface area contributed by atoms with E-state index in [1.165, 1.54) is 0 Å². The number of ether oxygens (including phenoxy) is 1. The van der Waals surface area contributed by atoms with Crippen molar-refractivity contribution in [2.45, 2.75) is 0 Å². The molecule has 0 aliphatic carbocycles. The van der Waals surface area contributed by atoms with Gasteiger partial charge in [0.05, 0.1) is 18.0 Å². The summed E-state index contributed by atoms with van der Waals surface area (Å²) < 4.78 is 4.71. The largest absolute Gasteiger partial charge is 0.447 e. The van der Waals surface area contributed by atoms with Gasteiger partial charge < -0.3 is 14.7 Å². The van der Waals surface area contributed by atoms with Crippen molar-refractivity contribution in [2.24, 2.45) is 0 Å². The van der Waals surface area contributed by atoms with E-state index in [0.717, 1.165) is 5.69 Å². The van der Waals surface area contributed by atoms with Crippen LogP contribution >= 0.6 is 11.6 Å². The summed E-state index contributed by atoms with van der Waals surface area (Å²) in [5, 5.41) is 11.6. The Morgan fingerprint density at radius 2 is 2.24 bits per heavy atom. The topological polar surface area (TPSA) is 61.8 Å². The Balaban J connectivity index is 2.81. The second-order valence-corrected chi connectivity index (χ2v) is 3.98. The van der Waals surface area contributed by atoms with Gasteiger partial charge >= 0.3 is 6.09 Å². The molecule has 0 bridgehead atoms. The molecule has 1 rings (SSSR count). The average Bonchev–Trinajstić information content (AvgIpc) is 2.26. The lowest BCUT2D eigenvalue weighted by Crippen LogP contribution is -2.18. The molecule has 0 heterocycles. The molecule has 1 amide bonds. The maximum absolute atomic E-state index is 11.4. The number of halogens is 1. The predicted octanol–water partition coefficient (Wildman–Crippen LogP) is 1.95. The molecule has 94 valence electrons. The Bertz CT molecular complexity index is 396. The molecule has 0 fully saturated rings. The quantitative estimate of drug-likeness (QED) is 0.867. The second kappa shape index (κ2) is 6.32. The van der Waals surface area contributed by atoms with E-state index in [0.29, 0.717) is 10.7 Å². The molecule has 0 atom stereocenters. The molecule has 0 aromatic heterocycles. The van der Waals surface area contributed by atoms with Crippen molar-refractivity contribution >= 4 is 29.1 Å². The van der Waals surface area contributed by atoms with Gasteiger partial charge in [0.1, 0.15) is 6.61 Å². The number of hydrogen-bond donors (Lipinski definition) is 2. The lowest BCUT2D eigenvalue weighted by molar-refractivity contribution is 0.131. The predicted molar refractivity (Wildman–Crippen MR) is 67.8 cm³/mol. The van der Waals surface area contributed by atoms with Crippen LogP contribution in [0.4, 0.5) is 16.2 Å². The van der Waals surface area contributed by atoms with E-state index in [9.17, 15) is 4.79 Å². The summed E-state index contributed by atoms with van der Waals surface area (Å²) >= 11 is 5.86. The SMILES string of the molecule is CN(C)c1ccc(Cl)cc1NC(=O)OCCO. The van der Waals surface area contributed by atoms with E-state index in [-0.39, 0.29) is 13.2 Å². The van der Waals surface area contributed by atoms with Crippen LogP contribution in [0.1, 0.15) is 0 Å². The number of nitrogens with zero attached hydrogens (tertiary/aromatic N) is 1. The van der Waals surface area contributed by atoms with E-state index < -0.39 is 6.09 Å². The fourth-order valence-corrected chi connectivity index (χ4v) is 1.45. The zero-order chi connectivity index (χ0) is 12.8. The number of carbonyl (C=O) groups excluding carboxylic acids is 1. The maximum Gasteiger partial charge on any atom is 0.411 e. The molecule has 5 nitrogen and oxygen atoms in total. The number of nitrogens with one attached hydrogen (secondary N) is 1. The van der Waals surface area contributed by atoms with Gasteiger partial charge in [-0.2, -0.15) is 0 Å². The first-order valence-electron chi connectivity index (χ1n) is 5.06. The summed E-state index contributed by atoms with van der Waals surface area (Å²) in [6.07, 6.45) is -0.621. The van der Waals surface area contributed by atoms with Crippen molar-refractivity contribution < 1.29 is 14.6 Å². The molecular formula is C11H15ClN2O3. The highest BCUT2D eigenvalue weighted by Gasteiger charge is 2.09. The fourth-order valence-electron chi connectivity index (χ4n) is 1.28. The number of amides is 1. The minimum atomic E-state index is -0.621. The number of rotatable bonds is 4. The van der Waals surface area contributed by atoms with Crippen LogP contribution in [0.25, 0.3) is 0 Å². The minimum absolute atomic E-state index is 0.0380. The number of benzene rings is 1. The van der Waals surface area contributed by atoms with Gasteiger partial charge in [-0.1, -0.05) is 11.6 Å². The Hall–Kier alpha value is -1.46. The molecule has 6 heteroatoms. The zero-order valence-corrected chi connectivity index (χ0v) is 10.5. The van der Waals surface area contributed by atoms with Crippen molar-refractivity contribution in [3.63, 3.8) is 0 Å². The third kappa shape index (κ3) is 4.13. The van der Waals surface area contributed by atoms with Crippen molar-refractivity contribution in [1.82, 2.24) is 0 Å². The molecule has 0 saturated heterocycles. The second-order valence-electron chi connectivity index (χ2n) is 3.54. The van der Waals surface area contributed by atoms with Gasteiger partial charge in [-0.3, -0.25) is 5.32 Å². The molecule has 1 aromatic carbocycles. The highest BCUT2D eigenvalue weighted by atomic mass is 35.5. The van der Waals surface area contributed by atoms with Crippen molar-refractivity contribution in [1.29, 1.82) is 0 Å². The summed E-state index contributed by atoms with van der Waals surface area (Å²) in [5.74, 6) is 0. The van der Waals surface area contributed by atoms with Gasteiger partial charge in [-0.05, 0) is 18.2 Å². The fraction of sp³-hybridized carbons (Fsp3) is 0.364. The van der Waals surface area contributed by atoms with Gasteiger partial charge in [-0.25, -0.2) is 4.79 Å². The van der Waals surface area contributed by atoms with Gasteiger partial charge in [0, 0.05) is 19.1 Å². The standard InChI is InChI=1S/C11H15ClN2O3/c1-14(2)10-4-3-8(12)7-9(10)13-11(16)17-6-5-15/h3-4,7,15H,5-6H2,1-2H3,(H,13,16). The van der Waals surface area contributed by atoms with Crippen molar-refractivity contribution in [3.8, 4) is 0 Å². The lowest BCUT2D eigenvalue weighted by Gasteiger charge is -2.18. The first-order chi connectivity index (χ1) is 8.04. The smallest absolute Gasteiger partial charge is 0.411 e. The normalized spacial score (nSPS) is 9.88. The van der Waals surface area contributed by atoms with E-state index >= 15 is 0 Å². The molecule has 0 saturated carbocycles. The summed E-state index contributed by atoms with van der Waals surface area (Å²) in [6.45, 7) is -0.243. The van der Waals surface area contributed by atoms with Crippen LogP contribution in [-0.4, -0.2) is 38.5 Å². The van der Waals surface area contributed by atoms with Crippen LogP contribution in [0.15, 0.2) is 18.2 Å². The van der Waals surface area contributed by atoms with Crippen LogP contribution in [-0.2, 0) is 4.74 Å². The van der Waals surface area contributed by atoms with Gasteiger partial charge in [-0.15, -0.1) is 0 Å². The molecule has 0 unspecified atom stereocenters. The molecule has 0 aliphatic rings. The Morgan fingerprint density at radius 3 is 2.82 bits per heavy atom. The van der Waals surface area contributed by atoms with Crippen LogP contribution in [0.5, 0.6) is 0 Å². The highest BCUT2D eigenvalue weighted by Crippen LogP contribution is 2.27. The number of aliphatic hydroxyl groups excluding tert-OH is 1. The number of hydrogen-bond acceptors (Lipinski definition) is 4. The molecule has 0 spiro atoms. The lowest BCUT2D eigenvalue weighted by atomic mass is 10.2. The molecule has 0 aliphatic heterocycles. The minimum Gasteiger partial charge on any atom is -0.447 e. The van der Waals surface area contributed by atoms with Gasteiger partial charge in [0.2, 0.25) is 0 Å². The van der Waals surface area contributed by atoms with Crippen LogP contribution < -0.4 is 10.2 Å². The molecule has 2 N–H and O–H groups in total. The molecule has 0 radical (unpaired) electrons. The molecule has 1 aromatic rings. The van der Waals surface area contributed by atoms with Crippen LogP contribution in [0.2, 0.25) is 5.02 Å². The van der Waals surface area contributed by atoms with E-state index in [4.69, 9.17) is 21.4 Å². The summed E-state index contributed by atoms with van der Waals surface area (Å²) in [4.78, 5) is 13.2. The Labute approximate surface area is 105 Å². The third-order valence-corrected chi connectivity index (χ3v) is 2.24. The number of anilines is 2. The summed E-state index contributed by atoms with van der Waals surface area (Å²) in [7, 11) is 3.71. The van der Waals surface area contributed by atoms with E-state index in [2.05, 4.69) is 5.32 Å². The average molecular weight is 259 g/mol. The van der Waals surface area contributed by atoms with Gasteiger partial charge in [0.25, 0.3) is 0 Å². The third-order valence-electron chi connectivity index (χ3n) is 2.00. The maximum atomic E-state index is 11.4. The van der Waals surface area contributed by atoms with Crippen molar-refractivity contribution in [3.05, 3.63) is 23.2 Å². The van der Waals surface area contributed by atoms with Crippen LogP contribution in [0.3, 0.4) is 0 Å². The highest BCUT2D eigenvalue weighted by molar-refractivity contribution is 6.31. The summed E-state index contributed by atoms with van der Waals surface area (Å²) in [5.41, 5.74) is 1.38. The Kier molecular flexibility index (Phi) is 5.06. The number of carbonyl (C=O) groups is 1. The van der Waals surface area contributed by atoms with Gasteiger partial charge in [0.15, 0.2) is 0 Å². The van der Waals surface area contributed by atoms with Crippen molar-refractivity contribution in [2.75, 3.05) is 37.5 Å². The van der Waals surface area contributed by atoms with E-state index in [1.54, 1.807) is 18.2 Å². The van der Waals surface area contributed by atoms with E-state index in [1.807, 2.05) is 19.0 Å². The monoisotopic (exact) mass is 258 g/mol. The zero-order valence-electron chi connectivity index (χ0n) is 9.74. The first-order valence-corrected chi connectivity index (χ1v) is 5.44. The first kappa shape index (κ1) is 13.6.